The van der Waals surface area contributed by atoms with Gasteiger partial charge in [-0.15, -0.1) is 0 Å². The summed E-state index contributed by atoms with van der Waals surface area (Å²) in [5, 5.41) is 9.38. The number of rotatable bonds is 0. The lowest BCUT2D eigenvalue weighted by Crippen LogP contribution is -2.40. The molecular weight excluding hydrogens is 216 g/mol. The predicted octanol–water partition coefficient (Wildman–Crippen LogP) is 2.06. The van der Waals surface area contributed by atoms with Gasteiger partial charge in [0.05, 0.1) is 12.1 Å². The zero-order valence-electron chi connectivity index (χ0n) is 9.31. The highest BCUT2D eigenvalue weighted by Gasteiger charge is 2.48. The smallest absolute Gasteiger partial charge is 0.408 e. The van der Waals surface area contributed by atoms with Crippen LogP contribution in [-0.2, 0) is 0 Å². The van der Waals surface area contributed by atoms with Gasteiger partial charge in [0.2, 0.25) is 0 Å². The van der Waals surface area contributed by atoms with Crippen LogP contribution in [0.15, 0.2) is 41.6 Å². The third-order valence-electron chi connectivity index (χ3n) is 3.80. The van der Waals surface area contributed by atoms with Gasteiger partial charge in [-0.25, -0.2) is 4.79 Å². The van der Waals surface area contributed by atoms with E-state index in [1.807, 2.05) is 30.5 Å². The maximum atomic E-state index is 11.4. The van der Waals surface area contributed by atoms with Crippen LogP contribution in [0.1, 0.15) is 6.42 Å². The second-order valence-electron chi connectivity index (χ2n) is 4.59. The van der Waals surface area contributed by atoms with Crippen molar-refractivity contribution in [1.82, 2.24) is 4.90 Å². The molecule has 0 aromatic carbocycles. The Hall–Kier alpha value is -1.84. The Morgan fingerprint density at radius 3 is 2.88 bits per heavy atom. The lowest BCUT2D eigenvalue weighted by Gasteiger charge is -2.25. The average Bonchev–Trinajstić information content (AvgIpc) is 2.48. The maximum Gasteiger partial charge on any atom is 0.408 e. The average molecular weight is 230 g/mol. The van der Waals surface area contributed by atoms with Gasteiger partial charge >= 0.3 is 6.09 Å². The molecule has 2 heterocycles. The molecule has 3 aliphatic rings. The van der Waals surface area contributed by atoms with Crippen LogP contribution in [0.2, 0.25) is 0 Å². The normalized spacial score (nSPS) is 37.8. The van der Waals surface area contributed by atoms with E-state index in [2.05, 4.69) is 11.1 Å². The van der Waals surface area contributed by atoms with Crippen molar-refractivity contribution in [2.75, 3.05) is 0 Å². The van der Waals surface area contributed by atoms with Gasteiger partial charge in [-0.2, -0.15) is 0 Å². The summed E-state index contributed by atoms with van der Waals surface area (Å²) in [6, 6.07) is -0.0824. The van der Waals surface area contributed by atoms with Crippen LogP contribution in [0, 0.1) is 11.8 Å². The van der Waals surface area contributed by atoms with E-state index in [1.165, 1.54) is 0 Å². The number of allylic oxidation sites excluding steroid dienone is 2. The Labute approximate surface area is 99.6 Å². The third-order valence-corrected chi connectivity index (χ3v) is 3.80. The summed E-state index contributed by atoms with van der Waals surface area (Å²) in [4.78, 5) is 17.1. The molecule has 1 amide bonds. The van der Waals surface area contributed by atoms with Crippen LogP contribution in [0.25, 0.3) is 0 Å². The molecule has 1 fully saturated rings. The van der Waals surface area contributed by atoms with Crippen molar-refractivity contribution in [3.63, 3.8) is 0 Å². The molecule has 17 heavy (non-hydrogen) atoms. The third kappa shape index (κ3) is 1.52. The molecule has 1 saturated heterocycles. The standard InChI is InChI=1S/C13H14N2O2/c16-13(17)15-11-4-2-1-3-9(11)10-5-7-14-8-6-12(10)15/h1-4,6-12H,5H2,(H,16,17). The van der Waals surface area contributed by atoms with E-state index in [4.69, 9.17) is 0 Å². The lowest BCUT2D eigenvalue weighted by atomic mass is 9.83. The van der Waals surface area contributed by atoms with Crippen molar-refractivity contribution < 1.29 is 9.90 Å². The number of likely N-dealkylation sites (tertiary alicyclic amines) is 1. The fourth-order valence-corrected chi connectivity index (χ4v) is 3.09. The molecule has 1 aliphatic carbocycles. The first kappa shape index (κ1) is 10.3. The largest absolute Gasteiger partial charge is 0.465 e. The minimum absolute atomic E-state index is 0.0244. The highest BCUT2D eigenvalue weighted by atomic mass is 16.4. The Kier molecular flexibility index (Phi) is 2.35. The highest BCUT2D eigenvalue weighted by molar-refractivity contribution is 5.69. The number of carbonyl (C=O) groups is 1. The van der Waals surface area contributed by atoms with E-state index < -0.39 is 6.09 Å². The van der Waals surface area contributed by atoms with Crippen molar-refractivity contribution >= 4 is 12.3 Å². The van der Waals surface area contributed by atoms with Crippen molar-refractivity contribution in [2.45, 2.75) is 18.5 Å². The Balaban J connectivity index is 2.01. The molecular formula is C13H14N2O2. The van der Waals surface area contributed by atoms with Gasteiger partial charge in [-0.1, -0.05) is 24.3 Å². The Morgan fingerprint density at radius 1 is 1.24 bits per heavy atom. The quantitative estimate of drug-likeness (QED) is 0.692. The van der Waals surface area contributed by atoms with Crippen molar-refractivity contribution in [3.05, 3.63) is 36.6 Å². The number of hydrogen-bond acceptors (Lipinski definition) is 2. The van der Waals surface area contributed by atoms with Gasteiger partial charge in [0, 0.05) is 18.3 Å². The van der Waals surface area contributed by atoms with E-state index in [1.54, 1.807) is 11.1 Å². The summed E-state index contributed by atoms with van der Waals surface area (Å²) >= 11 is 0. The molecule has 0 radical (unpaired) electrons. The number of hydrogen-bond donors (Lipinski definition) is 1. The van der Waals surface area contributed by atoms with E-state index >= 15 is 0 Å². The molecule has 1 N–H and O–H groups in total. The number of fused-ring (bicyclic) bond motifs is 3. The lowest BCUT2D eigenvalue weighted by molar-refractivity contribution is 0.134. The summed E-state index contributed by atoms with van der Waals surface area (Å²) in [5.41, 5.74) is 0. The zero-order chi connectivity index (χ0) is 11.8. The summed E-state index contributed by atoms with van der Waals surface area (Å²) in [6.45, 7) is 0. The van der Waals surface area contributed by atoms with Crippen molar-refractivity contribution in [1.29, 1.82) is 0 Å². The monoisotopic (exact) mass is 230 g/mol. The number of aliphatic imine (C=N–C) groups is 1. The molecule has 0 spiro atoms. The second kappa shape index (κ2) is 3.87. The van der Waals surface area contributed by atoms with Gasteiger partial charge in [-0.3, -0.25) is 9.89 Å². The van der Waals surface area contributed by atoms with Gasteiger partial charge < -0.3 is 5.11 Å². The van der Waals surface area contributed by atoms with Crippen molar-refractivity contribution in [2.24, 2.45) is 16.8 Å². The van der Waals surface area contributed by atoms with Crippen LogP contribution < -0.4 is 0 Å². The predicted molar refractivity (Wildman–Crippen MR) is 64.9 cm³/mol. The topological polar surface area (TPSA) is 52.9 Å². The van der Waals surface area contributed by atoms with E-state index in [0.29, 0.717) is 5.92 Å². The van der Waals surface area contributed by atoms with Crippen LogP contribution in [0.3, 0.4) is 0 Å². The maximum absolute atomic E-state index is 11.4. The molecule has 2 aliphatic heterocycles. The first-order valence-corrected chi connectivity index (χ1v) is 5.83. The van der Waals surface area contributed by atoms with Gasteiger partial charge in [0.1, 0.15) is 0 Å². The van der Waals surface area contributed by atoms with E-state index in [-0.39, 0.29) is 18.0 Å². The molecule has 4 nitrogen and oxygen atoms in total. The molecule has 4 atom stereocenters. The fraction of sp³-hybridized carbons (Fsp3) is 0.385. The SMILES string of the molecule is O=C(O)N1C2C=CC=CC2C2CC=NC=CC21. The Bertz CT molecular complexity index is 450. The van der Waals surface area contributed by atoms with Gasteiger partial charge in [0.15, 0.2) is 0 Å². The molecule has 88 valence electrons. The summed E-state index contributed by atoms with van der Waals surface area (Å²) in [5.74, 6) is 0.579. The zero-order valence-corrected chi connectivity index (χ0v) is 9.31. The highest BCUT2D eigenvalue weighted by Crippen LogP contribution is 2.41. The van der Waals surface area contributed by atoms with Crippen LogP contribution in [0.5, 0.6) is 0 Å². The second-order valence-corrected chi connectivity index (χ2v) is 4.59. The van der Waals surface area contributed by atoms with Gasteiger partial charge in [0.25, 0.3) is 0 Å². The summed E-state index contributed by atoms with van der Waals surface area (Å²) in [6.07, 6.45) is 13.5. The van der Waals surface area contributed by atoms with Crippen LogP contribution in [-0.4, -0.2) is 34.4 Å². The first-order chi connectivity index (χ1) is 8.29. The summed E-state index contributed by atoms with van der Waals surface area (Å²) in [7, 11) is 0. The molecule has 0 aromatic heterocycles. The number of carboxylic acid groups (broad SMARTS) is 1. The molecule has 0 aromatic rings. The molecule has 4 heteroatoms. The fourth-order valence-electron chi connectivity index (χ4n) is 3.09. The van der Waals surface area contributed by atoms with Crippen molar-refractivity contribution in [3.8, 4) is 0 Å². The molecule has 0 bridgehead atoms. The molecule has 3 rings (SSSR count). The summed E-state index contributed by atoms with van der Waals surface area (Å²) < 4.78 is 0. The Morgan fingerprint density at radius 2 is 2.06 bits per heavy atom. The van der Waals surface area contributed by atoms with E-state index in [0.717, 1.165) is 6.42 Å². The number of amides is 1. The minimum Gasteiger partial charge on any atom is -0.465 e. The van der Waals surface area contributed by atoms with Crippen LogP contribution >= 0.6 is 0 Å². The van der Waals surface area contributed by atoms with Crippen LogP contribution in [0.4, 0.5) is 4.79 Å². The molecule has 4 unspecified atom stereocenters. The number of nitrogens with zero attached hydrogens (tertiary/aromatic N) is 2. The van der Waals surface area contributed by atoms with E-state index in [9.17, 15) is 9.90 Å². The molecule has 0 saturated carbocycles. The van der Waals surface area contributed by atoms with Gasteiger partial charge in [-0.05, 0) is 18.4 Å². The minimum atomic E-state index is -0.848. The first-order valence-electron chi connectivity index (χ1n) is 5.83.